The van der Waals surface area contributed by atoms with E-state index < -0.39 is 17.3 Å². The van der Waals surface area contributed by atoms with Gasteiger partial charge in [0.05, 0.1) is 0 Å². The lowest BCUT2D eigenvalue weighted by Gasteiger charge is -2.07. The van der Waals surface area contributed by atoms with Gasteiger partial charge in [0.15, 0.2) is 0 Å². The van der Waals surface area contributed by atoms with Crippen molar-refractivity contribution in [1.29, 1.82) is 0 Å². The number of halogens is 1. The summed E-state index contributed by atoms with van der Waals surface area (Å²) in [6.45, 7) is 3.40. The van der Waals surface area contributed by atoms with Gasteiger partial charge in [0.25, 0.3) is 0 Å². The average Bonchev–Trinajstić information content (AvgIpc) is 2.26. The van der Waals surface area contributed by atoms with Crippen LogP contribution in [-0.4, -0.2) is 17.3 Å². The van der Waals surface area contributed by atoms with Gasteiger partial charge >= 0.3 is 11.9 Å². The molecule has 0 spiro atoms. The van der Waals surface area contributed by atoms with Crippen molar-refractivity contribution >= 4 is 23.5 Å². The van der Waals surface area contributed by atoms with Crippen molar-refractivity contribution in [3.8, 4) is 0 Å². The van der Waals surface area contributed by atoms with E-state index in [1.165, 1.54) is 39.0 Å². The Morgan fingerprint density at radius 3 is 2.12 bits per heavy atom. The summed E-state index contributed by atoms with van der Waals surface area (Å²) in [5, 5.41) is -0.686. The molecule has 0 heterocycles. The first kappa shape index (κ1) is 16.4. The molecule has 0 aromatic heterocycles. The van der Waals surface area contributed by atoms with Gasteiger partial charge in [-0.05, 0) is 6.42 Å². The standard InChI is InChI=1S/C13H23ClO3/c1-3-4-5-6-7-8-9-10-12(14)13(16)17-11(2)15/h12H,3-10H2,1-2H3. The molecule has 1 unspecified atom stereocenters. The van der Waals surface area contributed by atoms with Gasteiger partial charge in [-0.2, -0.15) is 0 Å². The summed E-state index contributed by atoms with van der Waals surface area (Å²) in [6.07, 6.45) is 8.84. The Morgan fingerprint density at radius 1 is 1.06 bits per heavy atom. The SMILES string of the molecule is CCCCCCCCCC(Cl)C(=O)OC(C)=O. The second-order valence-corrected chi connectivity index (χ2v) is 4.82. The number of ether oxygens (including phenoxy) is 1. The van der Waals surface area contributed by atoms with Crippen molar-refractivity contribution in [2.75, 3.05) is 0 Å². The number of carbonyl (C=O) groups is 2. The predicted octanol–water partition coefficient (Wildman–Crippen LogP) is 3.82. The second kappa shape index (κ2) is 10.6. The molecule has 0 fully saturated rings. The topological polar surface area (TPSA) is 43.4 Å². The number of carbonyl (C=O) groups excluding carboxylic acids is 2. The van der Waals surface area contributed by atoms with Crippen LogP contribution in [-0.2, 0) is 14.3 Å². The van der Waals surface area contributed by atoms with Gasteiger partial charge in [-0.3, -0.25) is 4.79 Å². The monoisotopic (exact) mass is 262 g/mol. The van der Waals surface area contributed by atoms with Gasteiger partial charge < -0.3 is 4.74 Å². The third kappa shape index (κ3) is 10.3. The van der Waals surface area contributed by atoms with Crippen LogP contribution in [0.5, 0.6) is 0 Å². The molecule has 0 amide bonds. The molecule has 3 nitrogen and oxygen atoms in total. The van der Waals surface area contributed by atoms with Gasteiger partial charge in [0.2, 0.25) is 0 Å². The zero-order valence-electron chi connectivity index (χ0n) is 10.8. The molecule has 0 N–H and O–H groups in total. The molecule has 0 rings (SSSR count). The number of esters is 2. The minimum atomic E-state index is -0.686. The highest BCUT2D eigenvalue weighted by molar-refractivity contribution is 6.30. The van der Waals surface area contributed by atoms with Crippen LogP contribution in [0.15, 0.2) is 0 Å². The van der Waals surface area contributed by atoms with Crippen molar-refractivity contribution in [2.45, 2.75) is 70.6 Å². The maximum Gasteiger partial charge on any atom is 0.331 e. The minimum absolute atomic E-state index is 0.585. The van der Waals surface area contributed by atoms with E-state index >= 15 is 0 Å². The molecule has 100 valence electrons. The van der Waals surface area contributed by atoms with Crippen LogP contribution >= 0.6 is 11.6 Å². The molecule has 0 aliphatic carbocycles. The van der Waals surface area contributed by atoms with Gasteiger partial charge in [0, 0.05) is 6.92 Å². The van der Waals surface area contributed by atoms with Crippen molar-refractivity contribution in [3.05, 3.63) is 0 Å². The van der Waals surface area contributed by atoms with Crippen LogP contribution in [0.25, 0.3) is 0 Å². The molecule has 0 bridgehead atoms. The molecule has 1 atom stereocenters. The van der Waals surface area contributed by atoms with Crippen molar-refractivity contribution in [1.82, 2.24) is 0 Å². The Hall–Kier alpha value is -0.570. The van der Waals surface area contributed by atoms with Crippen LogP contribution < -0.4 is 0 Å². The fourth-order valence-corrected chi connectivity index (χ4v) is 1.80. The third-order valence-electron chi connectivity index (χ3n) is 2.56. The summed E-state index contributed by atoms with van der Waals surface area (Å²) in [5.41, 5.74) is 0. The Kier molecular flexibility index (Phi) is 10.2. The number of hydrogen-bond donors (Lipinski definition) is 0. The Balaban J connectivity index is 3.41. The number of alkyl halides is 1. The fraction of sp³-hybridized carbons (Fsp3) is 0.846. The van der Waals surface area contributed by atoms with E-state index in [0.29, 0.717) is 6.42 Å². The Bertz CT molecular complexity index is 229. The van der Waals surface area contributed by atoms with Crippen LogP contribution in [0.3, 0.4) is 0 Å². The van der Waals surface area contributed by atoms with E-state index in [2.05, 4.69) is 11.7 Å². The predicted molar refractivity (Wildman–Crippen MR) is 69.0 cm³/mol. The van der Waals surface area contributed by atoms with Crippen LogP contribution in [0.2, 0.25) is 0 Å². The molecular formula is C13H23ClO3. The molecule has 0 aliphatic heterocycles. The van der Waals surface area contributed by atoms with Crippen LogP contribution in [0.4, 0.5) is 0 Å². The molecule has 0 aliphatic rings. The van der Waals surface area contributed by atoms with Gasteiger partial charge in [-0.25, -0.2) is 4.79 Å². The lowest BCUT2D eigenvalue weighted by Crippen LogP contribution is -2.20. The molecule has 0 aromatic carbocycles. The van der Waals surface area contributed by atoms with E-state index in [1.54, 1.807) is 0 Å². The molecule has 0 saturated heterocycles. The summed E-state index contributed by atoms with van der Waals surface area (Å²) in [4.78, 5) is 21.7. The second-order valence-electron chi connectivity index (χ2n) is 4.29. The maximum absolute atomic E-state index is 11.2. The molecule has 4 heteroatoms. The normalized spacial score (nSPS) is 12.2. The van der Waals surface area contributed by atoms with E-state index in [1.807, 2.05) is 0 Å². The maximum atomic E-state index is 11.2. The zero-order chi connectivity index (χ0) is 13.1. The zero-order valence-corrected chi connectivity index (χ0v) is 11.6. The molecule has 17 heavy (non-hydrogen) atoms. The number of unbranched alkanes of at least 4 members (excludes halogenated alkanes) is 6. The van der Waals surface area contributed by atoms with Crippen LogP contribution in [0.1, 0.15) is 65.2 Å². The van der Waals surface area contributed by atoms with E-state index in [9.17, 15) is 9.59 Å². The molecule has 0 saturated carbocycles. The largest absolute Gasteiger partial charge is 0.392 e. The summed E-state index contributed by atoms with van der Waals surface area (Å²) >= 11 is 5.81. The fourth-order valence-electron chi connectivity index (χ4n) is 1.60. The van der Waals surface area contributed by atoms with E-state index in [4.69, 9.17) is 11.6 Å². The highest BCUT2D eigenvalue weighted by Gasteiger charge is 2.17. The van der Waals surface area contributed by atoms with E-state index in [-0.39, 0.29) is 0 Å². The van der Waals surface area contributed by atoms with Gasteiger partial charge in [-0.1, -0.05) is 51.9 Å². The summed E-state index contributed by atoms with van der Waals surface area (Å²) in [5.74, 6) is -1.22. The summed E-state index contributed by atoms with van der Waals surface area (Å²) < 4.78 is 4.41. The molecular weight excluding hydrogens is 240 g/mol. The summed E-state index contributed by atoms with van der Waals surface area (Å²) in [6, 6.07) is 0. The molecule has 0 aromatic rings. The van der Waals surface area contributed by atoms with Crippen LogP contribution in [0, 0.1) is 0 Å². The van der Waals surface area contributed by atoms with Gasteiger partial charge in [-0.15, -0.1) is 11.6 Å². The Labute approximate surface area is 109 Å². The van der Waals surface area contributed by atoms with Crippen molar-refractivity contribution in [2.24, 2.45) is 0 Å². The minimum Gasteiger partial charge on any atom is -0.392 e. The van der Waals surface area contributed by atoms with Crippen molar-refractivity contribution < 1.29 is 14.3 Å². The quantitative estimate of drug-likeness (QED) is 0.275. The van der Waals surface area contributed by atoms with Gasteiger partial charge in [0.1, 0.15) is 5.38 Å². The van der Waals surface area contributed by atoms with E-state index in [0.717, 1.165) is 12.8 Å². The smallest absolute Gasteiger partial charge is 0.331 e. The third-order valence-corrected chi connectivity index (χ3v) is 2.96. The first-order valence-electron chi connectivity index (χ1n) is 6.44. The van der Waals surface area contributed by atoms with Crippen molar-refractivity contribution in [3.63, 3.8) is 0 Å². The molecule has 0 radical (unpaired) electrons. The Morgan fingerprint density at radius 2 is 1.59 bits per heavy atom. The average molecular weight is 263 g/mol. The highest BCUT2D eigenvalue weighted by atomic mass is 35.5. The lowest BCUT2D eigenvalue weighted by atomic mass is 10.1. The lowest BCUT2D eigenvalue weighted by molar-refractivity contribution is -0.157. The first-order valence-corrected chi connectivity index (χ1v) is 6.88. The first-order chi connectivity index (χ1) is 8.07. The highest BCUT2D eigenvalue weighted by Crippen LogP contribution is 2.13. The summed E-state index contributed by atoms with van der Waals surface area (Å²) in [7, 11) is 0. The number of hydrogen-bond acceptors (Lipinski definition) is 3. The number of rotatable bonds is 9.